The molecule has 62 valence electrons. The first-order chi connectivity index (χ1) is 4.86. The molecular weight excluding hydrogens is 158 g/mol. The molecule has 0 heterocycles. The Morgan fingerprint density at radius 3 is 2.18 bits per heavy atom. The van der Waals surface area contributed by atoms with Gasteiger partial charge in [-0.2, -0.15) is 0 Å². The molecule has 3 heteroatoms. The topological polar surface area (TPSA) is 20.3 Å². The smallest absolute Gasteiger partial charge is 0.0856 e. The Kier molecular flexibility index (Phi) is 3.50. The fourth-order valence-corrected chi connectivity index (χ4v) is 0.367. The van der Waals surface area contributed by atoms with E-state index in [9.17, 15) is 4.79 Å². The summed E-state index contributed by atoms with van der Waals surface area (Å²) in [5.74, 6) is 5.13. The van der Waals surface area contributed by atoms with Crippen LogP contribution in [0.2, 0.25) is 0 Å². The number of nitrogens with zero attached hydrogens (tertiary/aromatic N) is 1. The highest BCUT2D eigenvalue weighted by molar-refractivity contribution is 7.78. The van der Waals surface area contributed by atoms with Crippen molar-refractivity contribution in [3.63, 3.8) is 0 Å². The zero-order chi connectivity index (χ0) is 9.07. The average molecular weight is 170 g/mol. The van der Waals surface area contributed by atoms with Crippen molar-refractivity contribution in [2.45, 2.75) is 19.4 Å². The summed E-state index contributed by atoms with van der Waals surface area (Å²) in [5.41, 5.74) is -0.283. The number of hydrogen-bond donors (Lipinski definition) is 0. The van der Waals surface area contributed by atoms with Gasteiger partial charge in [-0.3, -0.25) is 4.90 Å². The number of rotatable bonds is 1. The van der Waals surface area contributed by atoms with Crippen LogP contribution in [0.5, 0.6) is 0 Å². The number of carbonyl (C=O) groups is 1. The van der Waals surface area contributed by atoms with Crippen molar-refractivity contribution < 1.29 is 4.79 Å². The van der Waals surface area contributed by atoms with Crippen molar-refractivity contribution in [1.29, 1.82) is 0 Å². The van der Waals surface area contributed by atoms with Crippen LogP contribution >= 0.6 is 0 Å². The molecule has 0 saturated carbocycles. The lowest BCUT2D eigenvalue weighted by atomic mass is 10.1. The van der Waals surface area contributed by atoms with Crippen LogP contribution in [-0.4, -0.2) is 29.6 Å². The summed E-state index contributed by atoms with van der Waals surface area (Å²) in [4.78, 5) is 12.3. The van der Waals surface area contributed by atoms with Crippen molar-refractivity contribution in [2.24, 2.45) is 0 Å². The third-order valence-corrected chi connectivity index (χ3v) is 1.69. The van der Waals surface area contributed by atoms with Crippen LogP contribution in [0.25, 0.3) is 0 Å². The molecule has 0 amide bonds. The maximum absolute atomic E-state index is 10.3. The minimum atomic E-state index is -0.500. The van der Waals surface area contributed by atoms with Gasteiger partial charge >= 0.3 is 0 Å². The van der Waals surface area contributed by atoms with Gasteiger partial charge in [0.25, 0.3) is 0 Å². The van der Waals surface area contributed by atoms with E-state index in [1.807, 2.05) is 32.8 Å². The first-order valence-electron chi connectivity index (χ1n) is 3.28. The van der Waals surface area contributed by atoms with Gasteiger partial charge in [-0.05, 0) is 27.9 Å². The van der Waals surface area contributed by atoms with Crippen LogP contribution in [0.1, 0.15) is 13.8 Å². The quantitative estimate of drug-likeness (QED) is 0.420. The molecule has 0 N–H and O–H groups in total. The molecule has 0 atom stereocenters. The molecule has 0 radical (unpaired) electrons. The molecule has 0 aliphatic carbocycles. The largest absolute Gasteiger partial charge is 0.728 e. The summed E-state index contributed by atoms with van der Waals surface area (Å²) < 4.78 is 0. The zero-order valence-electron chi connectivity index (χ0n) is 7.26. The molecular formula is C8H12NOS-. The van der Waals surface area contributed by atoms with E-state index in [4.69, 9.17) is 0 Å². The molecule has 0 aliphatic heterocycles. The SMILES string of the molecule is CN(C)C(C)(C)C#CC(=O)[S-]. The van der Waals surface area contributed by atoms with Gasteiger partial charge in [0, 0.05) is 0 Å². The van der Waals surface area contributed by atoms with Gasteiger partial charge in [-0.1, -0.05) is 11.8 Å². The Morgan fingerprint density at radius 1 is 1.45 bits per heavy atom. The molecule has 0 bridgehead atoms. The second-order valence-corrected chi connectivity index (χ2v) is 3.36. The molecule has 0 unspecified atom stereocenters. The maximum Gasteiger partial charge on any atom is 0.0856 e. The molecule has 0 aromatic heterocycles. The molecule has 0 spiro atoms. The molecule has 0 aliphatic rings. The Hall–Kier alpha value is -0.590. The lowest BCUT2D eigenvalue weighted by molar-refractivity contribution is -0.106. The van der Waals surface area contributed by atoms with Crippen molar-refractivity contribution in [3.05, 3.63) is 0 Å². The third-order valence-electron chi connectivity index (χ3n) is 1.59. The van der Waals surface area contributed by atoms with Crippen LogP contribution in [0.3, 0.4) is 0 Å². The summed E-state index contributed by atoms with van der Waals surface area (Å²) in [6.07, 6.45) is 0. The number of hydrogen-bond acceptors (Lipinski definition) is 3. The molecule has 11 heavy (non-hydrogen) atoms. The molecule has 2 nitrogen and oxygen atoms in total. The predicted octanol–water partition coefficient (Wildman–Crippen LogP) is 0.403. The first-order valence-corrected chi connectivity index (χ1v) is 3.68. The van der Waals surface area contributed by atoms with Crippen molar-refractivity contribution in [3.8, 4) is 11.8 Å². The van der Waals surface area contributed by atoms with E-state index in [0.29, 0.717) is 0 Å². The van der Waals surface area contributed by atoms with E-state index in [1.54, 1.807) is 0 Å². The second kappa shape index (κ2) is 3.70. The molecule has 0 aromatic rings. The highest BCUT2D eigenvalue weighted by atomic mass is 32.1. The van der Waals surface area contributed by atoms with Gasteiger partial charge in [0.05, 0.1) is 10.7 Å². The Bertz CT molecular complexity index is 210. The van der Waals surface area contributed by atoms with Crippen LogP contribution < -0.4 is 0 Å². The highest BCUT2D eigenvalue weighted by Gasteiger charge is 2.15. The fourth-order valence-electron chi connectivity index (χ4n) is 0.316. The van der Waals surface area contributed by atoms with Gasteiger partial charge in [0.2, 0.25) is 0 Å². The summed E-state index contributed by atoms with van der Waals surface area (Å²) in [6.45, 7) is 3.86. The minimum Gasteiger partial charge on any atom is -0.728 e. The van der Waals surface area contributed by atoms with Gasteiger partial charge in [-0.15, -0.1) is 0 Å². The zero-order valence-corrected chi connectivity index (χ0v) is 8.08. The Labute approximate surface area is 73.4 Å². The first kappa shape index (κ1) is 10.4. The summed E-state index contributed by atoms with van der Waals surface area (Å²) in [6, 6.07) is 0. The van der Waals surface area contributed by atoms with E-state index in [1.165, 1.54) is 0 Å². The maximum atomic E-state index is 10.3. The van der Waals surface area contributed by atoms with Crippen molar-refractivity contribution >= 4 is 17.7 Å². The monoisotopic (exact) mass is 170 g/mol. The summed E-state index contributed by atoms with van der Waals surface area (Å²) in [7, 11) is 3.81. The van der Waals surface area contributed by atoms with Gasteiger partial charge in [-0.25, -0.2) is 0 Å². The Morgan fingerprint density at radius 2 is 1.91 bits per heavy atom. The van der Waals surface area contributed by atoms with Crippen LogP contribution in [0, 0.1) is 11.8 Å². The molecule has 0 fully saturated rings. The van der Waals surface area contributed by atoms with Gasteiger partial charge in [0.1, 0.15) is 0 Å². The second-order valence-electron chi connectivity index (χ2n) is 2.99. The summed E-state index contributed by atoms with van der Waals surface area (Å²) >= 11 is 4.30. The van der Waals surface area contributed by atoms with Gasteiger partial charge in [0.15, 0.2) is 0 Å². The minimum absolute atomic E-state index is 0.283. The normalized spacial score (nSPS) is 10.6. The average Bonchev–Trinajstić information content (AvgIpc) is 1.84. The lowest BCUT2D eigenvalue weighted by Gasteiger charge is -2.26. The van der Waals surface area contributed by atoms with E-state index in [-0.39, 0.29) is 5.54 Å². The van der Waals surface area contributed by atoms with E-state index >= 15 is 0 Å². The fraction of sp³-hybridized carbons (Fsp3) is 0.625. The van der Waals surface area contributed by atoms with E-state index < -0.39 is 5.12 Å². The van der Waals surface area contributed by atoms with Crippen molar-refractivity contribution in [1.82, 2.24) is 4.90 Å². The lowest BCUT2D eigenvalue weighted by Crippen LogP contribution is -2.36. The van der Waals surface area contributed by atoms with Crippen LogP contribution in [-0.2, 0) is 17.4 Å². The highest BCUT2D eigenvalue weighted by Crippen LogP contribution is 2.06. The van der Waals surface area contributed by atoms with Crippen LogP contribution in [0.4, 0.5) is 0 Å². The van der Waals surface area contributed by atoms with Gasteiger partial charge < -0.3 is 17.4 Å². The van der Waals surface area contributed by atoms with Crippen LogP contribution in [0.15, 0.2) is 0 Å². The van der Waals surface area contributed by atoms with Crippen molar-refractivity contribution in [2.75, 3.05) is 14.1 Å². The predicted molar refractivity (Wildman–Crippen MR) is 47.9 cm³/mol. The number of carbonyl (C=O) groups excluding carboxylic acids is 1. The molecule has 0 rings (SSSR count). The molecule has 0 saturated heterocycles. The van der Waals surface area contributed by atoms with E-state index in [2.05, 4.69) is 24.5 Å². The summed E-state index contributed by atoms with van der Waals surface area (Å²) in [5, 5.41) is -0.500. The third kappa shape index (κ3) is 3.97. The van der Waals surface area contributed by atoms with E-state index in [0.717, 1.165) is 0 Å². The standard InChI is InChI=1S/C8H13NOS/c1-8(2,9(3)4)6-5-7(10)11/h1-4H3,(H,10,11)/p-1. The Balaban J connectivity index is 4.38. The molecule has 0 aromatic carbocycles.